The van der Waals surface area contributed by atoms with Crippen molar-refractivity contribution in [2.45, 2.75) is 13.3 Å². The fourth-order valence-electron chi connectivity index (χ4n) is 2.08. The van der Waals surface area contributed by atoms with Gasteiger partial charge in [0.25, 0.3) is 0 Å². The van der Waals surface area contributed by atoms with Gasteiger partial charge >= 0.3 is 11.9 Å². The second-order valence-electron chi connectivity index (χ2n) is 4.74. The van der Waals surface area contributed by atoms with E-state index in [9.17, 15) is 14.0 Å². The molecule has 0 aliphatic heterocycles. The average molecular weight is 316 g/mol. The first kappa shape index (κ1) is 16.7. The van der Waals surface area contributed by atoms with Crippen molar-refractivity contribution >= 4 is 11.9 Å². The van der Waals surface area contributed by atoms with Gasteiger partial charge in [0.15, 0.2) is 0 Å². The van der Waals surface area contributed by atoms with Gasteiger partial charge in [0.1, 0.15) is 5.82 Å². The molecule has 2 rings (SSSR count). The van der Waals surface area contributed by atoms with Crippen LogP contribution in [0.2, 0.25) is 0 Å². The quantitative estimate of drug-likeness (QED) is 0.767. The smallest absolute Gasteiger partial charge is 0.339 e. The molecular weight excluding hydrogens is 299 g/mol. The SMILES string of the molecule is CCOC(=O)c1ccccc1C(=O)OCCc1ccccc1F. The van der Waals surface area contributed by atoms with Crippen molar-refractivity contribution in [3.63, 3.8) is 0 Å². The summed E-state index contributed by atoms with van der Waals surface area (Å²) in [5, 5.41) is 0. The Morgan fingerprint density at radius 3 is 2.09 bits per heavy atom. The van der Waals surface area contributed by atoms with E-state index in [0.717, 1.165) is 0 Å². The van der Waals surface area contributed by atoms with Crippen molar-refractivity contribution in [3.8, 4) is 0 Å². The van der Waals surface area contributed by atoms with E-state index < -0.39 is 11.9 Å². The van der Waals surface area contributed by atoms with Gasteiger partial charge in [-0.2, -0.15) is 0 Å². The molecule has 120 valence electrons. The Hall–Kier alpha value is -2.69. The highest BCUT2D eigenvalue weighted by atomic mass is 19.1. The molecule has 2 aromatic carbocycles. The molecule has 0 radical (unpaired) electrons. The summed E-state index contributed by atoms with van der Waals surface area (Å²) < 4.78 is 23.5. The second-order valence-corrected chi connectivity index (χ2v) is 4.74. The van der Waals surface area contributed by atoms with Crippen LogP contribution in [0.5, 0.6) is 0 Å². The zero-order chi connectivity index (χ0) is 16.7. The maximum Gasteiger partial charge on any atom is 0.339 e. The van der Waals surface area contributed by atoms with Crippen LogP contribution in [0.25, 0.3) is 0 Å². The Morgan fingerprint density at radius 1 is 0.913 bits per heavy atom. The molecule has 4 nitrogen and oxygen atoms in total. The number of carbonyl (C=O) groups excluding carboxylic acids is 2. The molecule has 0 aliphatic rings. The first-order chi connectivity index (χ1) is 11.1. The molecule has 0 spiro atoms. The van der Waals surface area contributed by atoms with Crippen molar-refractivity contribution in [2.75, 3.05) is 13.2 Å². The minimum absolute atomic E-state index is 0.0247. The molecule has 0 unspecified atom stereocenters. The maximum atomic E-state index is 13.5. The summed E-state index contributed by atoms with van der Waals surface area (Å²) in [4.78, 5) is 24.0. The van der Waals surface area contributed by atoms with E-state index in [-0.39, 0.29) is 36.6 Å². The summed E-state index contributed by atoms with van der Waals surface area (Å²) >= 11 is 0. The van der Waals surface area contributed by atoms with E-state index in [1.165, 1.54) is 18.2 Å². The van der Waals surface area contributed by atoms with Crippen LogP contribution < -0.4 is 0 Å². The number of benzene rings is 2. The van der Waals surface area contributed by atoms with Gasteiger partial charge in [-0.1, -0.05) is 30.3 Å². The van der Waals surface area contributed by atoms with Gasteiger partial charge < -0.3 is 9.47 Å². The lowest BCUT2D eigenvalue weighted by Gasteiger charge is -2.09. The molecule has 2 aromatic rings. The number of rotatable bonds is 6. The monoisotopic (exact) mass is 316 g/mol. The molecule has 0 aliphatic carbocycles. The third kappa shape index (κ3) is 4.39. The van der Waals surface area contributed by atoms with Gasteiger partial charge in [-0.15, -0.1) is 0 Å². The molecule has 0 saturated carbocycles. The molecule has 23 heavy (non-hydrogen) atoms. The lowest BCUT2D eigenvalue weighted by molar-refractivity contribution is 0.0469. The summed E-state index contributed by atoms with van der Waals surface area (Å²) in [6.07, 6.45) is 0.264. The van der Waals surface area contributed by atoms with Crippen molar-refractivity contribution < 1.29 is 23.5 Å². The van der Waals surface area contributed by atoms with E-state index in [0.29, 0.717) is 5.56 Å². The number of hydrogen-bond donors (Lipinski definition) is 0. The van der Waals surface area contributed by atoms with E-state index in [1.807, 2.05) is 0 Å². The standard InChI is InChI=1S/C18H17FO4/c1-2-22-17(20)14-8-4-5-9-15(14)18(21)23-12-11-13-7-3-6-10-16(13)19/h3-10H,2,11-12H2,1H3. The van der Waals surface area contributed by atoms with Gasteiger partial charge in [0, 0.05) is 6.42 Å². The summed E-state index contributed by atoms with van der Waals surface area (Å²) in [7, 11) is 0. The van der Waals surface area contributed by atoms with Crippen molar-refractivity contribution in [1.82, 2.24) is 0 Å². The Labute approximate surface area is 133 Å². The van der Waals surface area contributed by atoms with Crippen LogP contribution in [0.15, 0.2) is 48.5 Å². The topological polar surface area (TPSA) is 52.6 Å². The minimum atomic E-state index is -0.634. The van der Waals surface area contributed by atoms with Crippen molar-refractivity contribution in [1.29, 1.82) is 0 Å². The summed E-state index contributed by atoms with van der Waals surface area (Å²) in [5.74, 6) is -1.55. The highest BCUT2D eigenvalue weighted by Gasteiger charge is 2.18. The van der Waals surface area contributed by atoms with Gasteiger partial charge in [-0.25, -0.2) is 14.0 Å². The summed E-state index contributed by atoms with van der Waals surface area (Å²) in [5.41, 5.74) is 0.767. The Kier molecular flexibility index (Phi) is 5.86. The first-order valence-electron chi connectivity index (χ1n) is 7.30. The lowest BCUT2D eigenvalue weighted by Crippen LogP contribution is -2.15. The fraction of sp³-hybridized carbons (Fsp3) is 0.222. The van der Waals surface area contributed by atoms with Gasteiger partial charge in [0.05, 0.1) is 24.3 Å². The molecule has 0 N–H and O–H groups in total. The third-order valence-corrected chi connectivity index (χ3v) is 3.20. The Balaban J connectivity index is 2.01. The molecule has 0 bridgehead atoms. The molecule has 0 atom stereocenters. The van der Waals surface area contributed by atoms with E-state index >= 15 is 0 Å². The summed E-state index contributed by atoms with van der Waals surface area (Å²) in [6.45, 7) is 1.93. The van der Waals surface area contributed by atoms with Crippen LogP contribution in [0.4, 0.5) is 4.39 Å². The lowest BCUT2D eigenvalue weighted by atomic mass is 10.1. The van der Waals surface area contributed by atoms with E-state index in [2.05, 4.69) is 0 Å². The summed E-state index contributed by atoms with van der Waals surface area (Å²) in [6, 6.07) is 12.6. The zero-order valence-electron chi connectivity index (χ0n) is 12.8. The number of hydrogen-bond acceptors (Lipinski definition) is 4. The fourth-order valence-corrected chi connectivity index (χ4v) is 2.08. The number of ether oxygens (including phenoxy) is 2. The van der Waals surface area contributed by atoms with E-state index in [4.69, 9.17) is 9.47 Å². The first-order valence-corrected chi connectivity index (χ1v) is 7.30. The number of halogens is 1. The van der Waals surface area contributed by atoms with Crippen LogP contribution in [0.1, 0.15) is 33.2 Å². The predicted molar refractivity (Wildman–Crippen MR) is 82.8 cm³/mol. The third-order valence-electron chi connectivity index (χ3n) is 3.20. The van der Waals surface area contributed by atoms with Crippen LogP contribution in [0.3, 0.4) is 0 Å². The molecular formula is C18H17FO4. The Morgan fingerprint density at radius 2 is 1.48 bits per heavy atom. The van der Waals surface area contributed by atoms with Crippen LogP contribution >= 0.6 is 0 Å². The van der Waals surface area contributed by atoms with Crippen LogP contribution in [-0.2, 0) is 15.9 Å². The number of carbonyl (C=O) groups is 2. The highest BCUT2D eigenvalue weighted by Crippen LogP contribution is 2.13. The van der Waals surface area contributed by atoms with Crippen molar-refractivity contribution in [2.24, 2.45) is 0 Å². The minimum Gasteiger partial charge on any atom is -0.462 e. The van der Waals surface area contributed by atoms with Crippen LogP contribution in [-0.4, -0.2) is 25.2 Å². The number of esters is 2. The van der Waals surface area contributed by atoms with Crippen LogP contribution in [0, 0.1) is 5.82 Å². The highest BCUT2D eigenvalue weighted by molar-refractivity contribution is 6.03. The van der Waals surface area contributed by atoms with Gasteiger partial charge in [-0.3, -0.25) is 0 Å². The molecule has 0 aromatic heterocycles. The maximum absolute atomic E-state index is 13.5. The molecule has 0 saturated heterocycles. The molecule has 5 heteroatoms. The van der Waals surface area contributed by atoms with E-state index in [1.54, 1.807) is 37.3 Å². The van der Waals surface area contributed by atoms with Gasteiger partial charge in [0.2, 0.25) is 0 Å². The molecule has 0 heterocycles. The average Bonchev–Trinajstić information content (AvgIpc) is 2.56. The molecule has 0 fully saturated rings. The van der Waals surface area contributed by atoms with Crippen molar-refractivity contribution in [3.05, 3.63) is 71.0 Å². The molecule has 0 amide bonds. The second kappa shape index (κ2) is 8.08. The Bertz CT molecular complexity index is 697. The predicted octanol–water partition coefficient (Wildman–Crippen LogP) is 3.40. The van der Waals surface area contributed by atoms with Gasteiger partial charge in [-0.05, 0) is 30.7 Å². The normalized spacial score (nSPS) is 10.2. The zero-order valence-corrected chi connectivity index (χ0v) is 12.8. The largest absolute Gasteiger partial charge is 0.462 e.